The molecular weight excluding hydrogens is 179 g/mol. The van der Waals surface area contributed by atoms with Crippen LogP contribution in [0.25, 0.3) is 10.8 Å². The van der Waals surface area contributed by atoms with Gasteiger partial charge in [0, 0.05) is 11.8 Å². The summed E-state index contributed by atoms with van der Waals surface area (Å²) in [5, 5.41) is 11.3. The number of rotatable bonds is 0. The van der Waals surface area contributed by atoms with Crippen LogP contribution in [-0.2, 0) is 6.42 Å². The van der Waals surface area contributed by atoms with Crippen LogP contribution in [-0.4, -0.2) is 5.11 Å². The van der Waals surface area contributed by atoms with Gasteiger partial charge < -0.3 is 5.11 Å². The van der Waals surface area contributed by atoms with E-state index < -0.39 is 6.10 Å². The Kier molecular flexibility index (Phi) is 1.45. The third kappa shape index (κ3) is 0.863. The summed E-state index contributed by atoms with van der Waals surface area (Å²) in [5.41, 5.74) is 1.90. The van der Waals surface area contributed by atoms with Gasteiger partial charge in [-0.25, -0.2) is 4.39 Å². The van der Waals surface area contributed by atoms with E-state index in [1.807, 2.05) is 6.07 Å². The highest BCUT2D eigenvalue weighted by Gasteiger charge is 2.22. The van der Waals surface area contributed by atoms with Crippen molar-refractivity contribution >= 4 is 10.8 Å². The number of aliphatic hydroxyl groups excluding tert-OH is 1. The molecule has 1 N–H and O–H groups in total. The summed E-state index contributed by atoms with van der Waals surface area (Å²) in [7, 11) is 0. The summed E-state index contributed by atoms with van der Waals surface area (Å²) in [6, 6.07) is 8.65. The fraction of sp³-hybridized carbons (Fsp3) is 0.167. The molecule has 1 atom stereocenters. The van der Waals surface area contributed by atoms with Gasteiger partial charge in [-0.1, -0.05) is 24.3 Å². The van der Waals surface area contributed by atoms with Gasteiger partial charge in [0.1, 0.15) is 5.82 Å². The smallest absolute Gasteiger partial charge is 0.131 e. The lowest BCUT2D eigenvalue weighted by Crippen LogP contribution is -1.91. The topological polar surface area (TPSA) is 20.2 Å². The Bertz CT molecular complexity index is 519. The molecule has 0 aromatic heterocycles. The van der Waals surface area contributed by atoms with E-state index in [-0.39, 0.29) is 5.82 Å². The van der Waals surface area contributed by atoms with Crippen molar-refractivity contribution in [2.75, 3.05) is 0 Å². The second-order valence-corrected chi connectivity index (χ2v) is 3.70. The highest BCUT2D eigenvalue weighted by atomic mass is 19.1. The van der Waals surface area contributed by atoms with E-state index in [0.29, 0.717) is 11.8 Å². The van der Waals surface area contributed by atoms with E-state index in [9.17, 15) is 9.50 Å². The van der Waals surface area contributed by atoms with E-state index in [1.165, 1.54) is 6.07 Å². The monoisotopic (exact) mass is 188 g/mol. The minimum atomic E-state index is -0.463. The molecule has 2 aromatic rings. The van der Waals surface area contributed by atoms with Crippen molar-refractivity contribution in [2.24, 2.45) is 0 Å². The Morgan fingerprint density at radius 3 is 2.93 bits per heavy atom. The predicted octanol–water partition coefficient (Wildman–Crippen LogP) is 2.57. The van der Waals surface area contributed by atoms with Crippen molar-refractivity contribution < 1.29 is 9.50 Å². The van der Waals surface area contributed by atoms with Gasteiger partial charge in [0.25, 0.3) is 0 Å². The first-order valence-corrected chi connectivity index (χ1v) is 4.65. The molecule has 0 bridgehead atoms. The first kappa shape index (κ1) is 7.94. The molecule has 1 nitrogen and oxygen atoms in total. The van der Waals surface area contributed by atoms with Crippen LogP contribution in [0.2, 0.25) is 0 Å². The molecule has 0 aliphatic heterocycles. The van der Waals surface area contributed by atoms with Crippen molar-refractivity contribution in [1.29, 1.82) is 0 Å². The molecule has 0 saturated carbocycles. The van der Waals surface area contributed by atoms with Crippen LogP contribution in [0.5, 0.6) is 0 Å². The second kappa shape index (κ2) is 2.55. The number of benzene rings is 2. The molecule has 0 radical (unpaired) electrons. The molecule has 14 heavy (non-hydrogen) atoms. The number of aliphatic hydroxyl groups is 1. The van der Waals surface area contributed by atoms with Gasteiger partial charge in [0.15, 0.2) is 0 Å². The first-order chi connectivity index (χ1) is 6.77. The van der Waals surface area contributed by atoms with Crippen molar-refractivity contribution in [1.82, 2.24) is 0 Å². The fourth-order valence-electron chi connectivity index (χ4n) is 2.24. The lowest BCUT2D eigenvalue weighted by Gasteiger charge is -2.03. The maximum atomic E-state index is 13.4. The highest BCUT2D eigenvalue weighted by molar-refractivity contribution is 5.91. The van der Waals surface area contributed by atoms with E-state index in [4.69, 9.17) is 0 Å². The van der Waals surface area contributed by atoms with Crippen LogP contribution in [0.4, 0.5) is 4.39 Å². The van der Waals surface area contributed by atoms with Gasteiger partial charge in [-0.15, -0.1) is 0 Å². The SMILES string of the molecule is O[C@H]1Cc2ccc(F)c3cccc1c23. The lowest BCUT2D eigenvalue weighted by atomic mass is 10.0. The number of hydrogen-bond acceptors (Lipinski definition) is 1. The van der Waals surface area contributed by atoms with Crippen molar-refractivity contribution in [3.05, 3.63) is 47.3 Å². The first-order valence-electron chi connectivity index (χ1n) is 4.65. The normalized spacial score (nSPS) is 19.1. The molecule has 0 fully saturated rings. The largest absolute Gasteiger partial charge is 0.388 e. The Hall–Kier alpha value is -1.41. The van der Waals surface area contributed by atoms with Crippen molar-refractivity contribution in [3.8, 4) is 0 Å². The van der Waals surface area contributed by atoms with Gasteiger partial charge in [-0.2, -0.15) is 0 Å². The Morgan fingerprint density at radius 1 is 1.21 bits per heavy atom. The molecule has 2 aromatic carbocycles. The minimum absolute atomic E-state index is 0.209. The van der Waals surface area contributed by atoms with Gasteiger partial charge in [0.05, 0.1) is 6.10 Å². The molecule has 1 aliphatic rings. The van der Waals surface area contributed by atoms with Crippen LogP contribution in [0, 0.1) is 5.82 Å². The number of hydrogen-bond donors (Lipinski definition) is 1. The molecule has 3 rings (SSSR count). The molecular formula is C12H9FO. The van der Waals surface area contributed by atoms with Gasteiger partial charge in [0.2, 0.25) is 0 Å². The Balaban J connectivity index is 2.52. The Labute approximate surface area is 80.8 Å². The average Bonchev–Trinajstić information content (AvgIpc) is 2.52. The summed E-state index contributed by atoms with van der Waals surface area (Å²) in [5.74, 6) is -0.209. The zero-order valence-corrected chi connectivity index (χ0v) is 7.50. The van der Waals surface area contributed by atoms with E-state index in [0.717, 1.165) is 16.5 Å². The van der Waals surface area contributed by atoms with Crippen molar-refractivity contribution in [3.63, 3.8) is 0 Å². The molecule has 0 spiro atoms. The molecule has 0 saturated heterocycles. The predicted molar refractivity (Wildman–Crippen MR) is 52.6 cm³/mol. The quantitative estimate of drug-likeness (QED) is 0.673. The van der Waals surface area contributed by atoms with Crippen LogP contribution < -0.4 is 0 Å². The zero-order chi connectivity index (χ0) is 9.71. The molecule has 0 unspecified atom stereocenters. The van der Waals surface area contributed by atoms with Crippen LogP contribution in [0.15, 0.2) is 30.3 Å². The average molecular weight is 188 g/mol. The summed E-state index contributed by atoms with van der Waals surface area (Å²) in [6.45, 7) is 0. The minimum Gasteiger partial charge on any atom is -0.388 e. The third-order valence-corrected chi connectivity index (χ3v) is 2.88. The van der Waals surface area contributed by atoms with Crippen molar-refractivity contribution in [2.45, 2.75) is 12.5 Å². The van der Waals surface area contributed by atoms with Gasteiger partial charge >= 0.3 is 0 Å². The van der Waals surface area contributed by atoms with Crippen LogP contribution >= 0.6 is 0 Å². The lowest BCUT2D eigenvalue weighted by molar-refractivity contribution is 0.185. The summed E-state index contributed by atoms with van der Waals surface area (Å²) >= 11 is 0. The molecule has 0 heterocycles. The standard InChI is InChI=1S/C12H9FO/c13-10-5-4-7-6-11(14)9-3-1-2-8(10)12(7)9/h1-5,11,14H,6H2/t11-/m0/s1. The highest BCUT2D eigenvalue weighted by Crippen LogP contribution is 2.37. The maximum Gasteiger partial charge on any atom is 0.131 e. The second-order valence-electron chi connectivity index (χ2n) is 3.70. The van der Waals surface area contributed by atoms with E-state index >= 15 is 0 Å². The van der Waals surface area contributed by atoms with Crippen LogP contribution in [0.3, 0.4) is 0 Å². The summed E-state index contributed by atoms with van der Waals surface area (Å²) < 4.78 is 13.4. The molecule has 70 valence electrons. The van der Waals surface area contributed by atoms with Gasteiger partial charge in [-0.05, 0) is 22.6 Å². The summed E-state index contributed by atoms with van der Waals surface area (Å²) in [4.78, 5) is 0. The van der Waals surface area contributed by atoms with E-state index in [2.05, 4.69) is 0 Å². The molecule has 2 heteroatoms. The Morgan fingerprint density at radius 2 is 2.07 bits per heavy atom. The fourth-order valence-corrected chi connectivity index (χ4v) is 2.24. The van der Waals surface area contributed by atoms with E-state index in [1.54, 1.807) is 18.2 Å². The maximum absolute atomic E-state index is 13.4. The summed E-state index contributed by atoms with van der Waals surface area (Å²) in [6.07, 6.45) is 0.145. The third-order valence-electron chi connectivity index (χ3n) is 2.88. The van der Waals surface area contributed by atoms with Gasteiger partial charge in [-0.3, -0.25) is 0 Å². The van der Waals surface area contributed by atoms with Crippen LogP contribution in [0.1, 0.15) is 17.2 Å². The number of halogens is 1. The zero-order valence-electron chi connectivity index (χ0n) is 7.50. The molecule has 0 amide bonds. The molecule has 1 aliphatic carbocycles.